The van der Waals surface area contributed by atoms with Crippen LogP contribution in [0.5, 0.6) is 0 Å². The molecule has 1 aliphatic rings. The van der Waals surface area contributed by atoms with Crippen molar-refractivity contribution >= 4 is 5.91 Å². The molecule has 26 heavy (non-hydrogen) atoms. The van der Waals surface area contributed by atoms with E-state index in [-0.39, 0.29) is 17.7 Å². The molecule has 3 heterocycles. The normalized spacial score (nSPS) is 19.7. The van der Waals surface area contributed by atoms with Crippen LogP contribution in [0.3, 0.4) is 0 Å². The lowest BCUT2D eigenvalue weighted by Gasteiger charge is -2.15. The number of aromatic nitrogens is 3. The summed E-state index contributed by atoms with van der Waals surface area (Å²) >= 11 is 0. The van der Waals surface area contributed by atoms with E-state index in [1.807, 2.05) is 47.4 Å². The minimum atomic E-state index is 0.0626. The number of pyridine rings is 1. The van der Waals surface area contributed by atoms with E-state index >= 15 is 0 Å². The van der Waals surface area contributed by atoms with Crippen molar-refractivity contribution < 1.29 is 9.32 Å². The van der Waals surface area contributed by atoms with Crippen molar-refractivity contribution in [2.75, 3.05) is 13.1 Å². The minimum Gasteiger partial charge on any atom is -0.341 e. The predicted molar refractivity (Wildman–Crippen MR) is 96.2 cm³/mol. The third kappa shape index (κ3) is 3.35. The minimum absolute atomic E-state index is 0.0626. The molecule has 0 spiro atoms. The first kappa shape index (κ1) is 16.4. The number of nitrogens with zero attached hydrogens (tertiary/aromatic N) is 4. The Labute approximate surface area is 151 Å². The third-order valence-electron chi connectivity index (χ3n) is 4.84. The third-order valence-corrected chi connectivity index (χ3v) is 4.84. The smallest absolute Gasteiger partial charge is 0.232 e. The second kappa shape index (κ2) is 7.07. The van der Waals surface area contributed by atoms with E-state index in [1.54, 1.807) is 12.4 Å². The maximum atomic E-state index is 12.6. The Hall–Kier alpha value is -3.02. The van der Waals surface area contributed by atoms with Crippen molar-refractivity contribution in [3.8, 4) is 11.4 Å². The molecule has 1 fully saturated rings. The molecule has 3 aromatic rings. The Bertz CT molecular complexity index is 879. The van der Waals surface area contributed by atoms with E-state index in [2.05, 4.69) is 22.0 Å². The second-order valence-corrected chi connectivity index (χ2v) is 6.74. The number of hydrogen-bond donors (Lipinski definition) is 0. The van der Waals surface area contributed by atoms with E-state index < -0.39 is 0 Å². The van der Waals surface area contributed by atoms with Gasteiger partial charge in [-0.3, -0.25) is 9.78 Å². The van der Waals surface area contributed by atoms with Gasteiger partial charge in [0.25, 0.3) is 0 Å². The molecule has 2 aromatic heterocycles. The zero-order valence-electron chi connectivity index (χ0n) is 14.6. The summed E-state index contributed by atoms with van der Waals surface area (Å²) in [5, 5.41) is 4.07. The number of carbonyl (C=O) groups is 1. The van der Waals surface area contributed by atoms with E-state index in [0.717, 1.165) is 11.1 Å². The van der Waals surface area contributed by atoms with Crippen LogP contribution in [0.2, 0.25) is 0 Å². The van der Waals surface area contributed by atoms with E-state index in [4.69, 9.17) is 4.52 Å². The first-order valence-corrected chi connectivity index (χ1v) is 8.76. The second-order valence-electron chi connectivity index (χ2n) is 6.74. The van der Waals surface area contributed by atoms with Crippen LogP contribution in [-0.4, -0.2) is 39.0 Å². The number of likely N-dealkylation sites (tertiary alicyclic amines) is 1. The van der Waals surface area contributed by atoms with Crippen LogP contribution in [0.25, 0.3) is 11.4 Å². The van der Waals surface area contributed by atoms with Gasteiger partial charge in [-0.25, -0.2) is 0 Å². The summed E-state index contributed by atoms with van der Waals surface area (Å²) in [7, 11) is 0. The van der Waals surface area contributed by atoms with Gasteiger partial charge in [0.15, 0.2) is 0 Å². The Morgan fingerprint density at radius 1 is 1.19 bits per heavy atom. The molecule has 0 bridgehead atoms. The highest BCUT2D eigenvalue weighted by molar-refractivity contribution is 5.79. The SMILES string of the molecule is CC1CN(C(=O)Cc2ccccc2)CC1c1nc(-c2cccnc2)no1. The largest absolute Gasteiger partial charge is 0.341 e. The van der Waals surface area contributed by atoms with Gasteiger partial charge in [0.1, 0.15) is 0 Å². The van der Waals surface area contributed by atoms with Gasteiger partial charge in [-0.15, -0.1) is 0 Å². The van der Waals surface area contributed by atoms with Gasteiger partial charge in [0, 0.05) is 31.0 Å². The van der Waals surface area contributed by atoms with Crippen LogP contribution in [0.4, 0.5) is 0 Å². The van der Waals surface area contributed by atoms with Crippen molar-refractivity contribution in [1.82, 2.24) is 20.0 Å². The number of rotatable bonds is 4. The van der Waals surface area contributed by atoms with Gasteiger partial charge < -0.3 is 9.42 Å². The fraction of sp³-hybridized carbons (Fsp3) is 0.300. The standard InChI is InChI=1S/C20H20N4O2/c1-14-12-24(18(25)10-15-6-3-2-4-7-15)13-17(14)20-22-19(23-26-20)16-8-5-9-21-11-16/h2-9,11,14,17H,10,12-13H2,1H3. The highest BCUT2D eigenvalue weighted by Gasteiger charge is 2.36. The molecule has 1 saturated heterocycles. The maximum absolute atomic E-state index is 12.6. The lowest BCUT2D eigenvalue weighted by Crippen LogP contribution is -2.30. The Morgan fingerprint density at radius 2 is 2.04 bits per heavy atom. The van der Waals surface area contributed by atoms with Crippen molar-refractivity contribution in [3.63, 3.8) is 0 Å². The monoisotopic (exact) mass is 348 g/mol. The van der Waals surface area contributed by atoms with Crippen molar-refractivity contribution in [2.45, 2.75) is 19.3 Å². The van der Waals surface area contributed by atoms with Crippen molar-refractivity contribution in [1.29, 1.82) is 0 Å². The summed E-state index contributed by atoms with van der Waals surface area (Å²) in [6, 6.07) is 13.6. The molecular formula is C20H20N4O2. The molecule has 0 saturated carbocycles. The summed E-state index contributed by atoms with van der Waals surface area (Å²) in [6.07, 6.45) is 3.84. The number of hydrogen-bond acceptors (Lipinski definition) is 5. The summed E-state index contributed by atoms with van der Waals surface area (Å²) in [5.41, 5.74) is 1.86. The molecule has 2 unspecified atom stereocenters. The molecule has 1 aliphatic heterocycles. The molecule has 0 radical (unpaired) electrons. The molecule has 6 nitrogen and oxygen atoms in total. The quantitative estimate of drug-likeness (QED) is 0.725. The van der Waals surface area contributed by atoms with Crippen LogP contribution in [0.1, 0.15) is 24.3 Å². The van der Waals surface area contributed by atoms with Crippen molar-refractivity contribution in [3.05, 3.63) is 66.3 Å². The summed E-state index contributed by atoms with van der Waals surface area (Å²) in [5.74, 6) is 1.60. The fourth-order valence-electron chi connectivity index (χ4n) is 3.37. The Kier molecular flexibility index (Phi) is 4.48. The van der Waals surface area contributed by atoms with Gasteiger partial charge in [-0.1, -0.05) is 42.4 Å². The van der Waals surface area contributed by atoms with Crippen molar-refractivity contribution in [2.24, 2.45) is 5.92 Å². The lowest BCUT2D eigenvalue weighted by molar-refractivity contribution is -0.129. The first-order valence-electron chi connectivity index (χ1n) is 8.76. The zero-order chi connectivity index (χ0) is 17.9. The van der Waals surface area contributed by atoms with Crippen LogP contribution in [0.15, 0.2) is 59.4 Å². The highest BCUT2D eigenvalue weighted by Crippen LogP contribution is 2.32. The molecule has 0 aliphatic carbocycles. The highest BCUT2D eigenvalue weighted by atomic mass is 16.5. The molecule has 132 valence electrons. The molecular weight excluding hydrogens is 328 g/mol. The Morgan fingerprint density at radius 3 is 2.81 bits per heavy atom. The van der Waals surface area contributed by atoms with E-state index in [9.17, 15) is 4.79 Å². The van der Waals surface area contributed by atoms with Crippen LogP contribution >= 0.6 is 0 Å². The fourth-order valence-corrected chi connectivity index (χ4v) is 3.37. The van der Waals surface area contributed by atoms with Gasteiger partial charge in [0.05, 0.1) is 12.3 Å². The van der Waals surface area contributed by atoms with Gasteiger partial charge in [-0.2, -0.15) is 4.98 Å². The number of carbonyl (C=O) groups excluding carboxylic acids is 1. The molecule has 1 amide bonds. The van der Waals surface area contributed by atoms with Crippen LogP contribution < -0.4 is 0 Å². The summed E-state index contributed by atoms with van der Waals surface area (Å²) < 4.78 is 5.49. The summed E-state index contributed by atoms with van der Waals surface area (Å²) in [6.45, 7) is 3.44. The molecule has 6 heteroatoms. The molecule has 4 rings (SSSR count). The Balaban J connectivity index is 1.46. The molecule has 0 N–H and O–H groups in total. The summed E-state index contributed by atoms with van der Waals surface area (Å²) in [4.78, 5) is 23.1. The zero-order valence-corrected chi connectivity index (χ0v) is 14.6. The average Bonchev–Trinajstić information content (AvgIpc) is 3.30. The number of benzene rings is 1. The first-order chi connectivity index (χ1) is 12.7. The van der Waals surface area contributed by atoms with E-state index in [1.165, 1.54) is 0 Å². The van der Waals surface area contributed by atoms with Crippen LogP contribution in [0, 0.1) is 5.92 Å². The lowest BCUT2D eigenvalue weighted by atomic mass is 9.98. The van der Waals surface area contributed by atoms with Crippen LogP contribution in [-0.2, 0) is 11.2 Å². The molecule has 2 atom stereocenters. The predicted octanol–water partition coefficient (Wildman–Crippen LogP) is 2.94. The average molecular weight is 348 g/mol. The van der Waals surface area contributed by atoms with Gasteiger partial charge in [0.2, 0.25) is 17.6 Å². The number of amides is 1. The van der Waals surface area contributed by atoms with Gasteiger partial charge >= 0.3 is 0 Å². The topological polar surface area (TPSA) is 72.1 Å². The van der Waals surface area contributed by atoms with E-state index in [0.29, 0.717) is 31.2 Å². The maximum Gasteiger partial charge on any atom is 0.232 e. The molecule has 1 aromatic carbocycles. The van der Waals surface area contributed by atoms with Gasteiger partial charge in [-0.05, 0) is 23.6 Å².